The summed E-state index contributed by atoms with van der Waals surface area (Å²) in [5, 5.41) is 4.89. The number of hydrogen-bond donors (Lipinski definition) is 1. The van der Waals surface area contributed by atoms with Gasteiger partial charge in [-0.1, -0.05) is 48.2 Å². The van der Waals surface area contributed by atoms with Gasteiger partial charge >= 0.3 is 0 Å². The van der Waals surface area contributed by atoms with Crippen molar-refractivity contribution in [3.8, 4) is 0 Å². The van der Waals surface area contributed by atoms with Crippen LogP contribution in [0.3, 0.4) is 0 Å². The van der Waals surface area contributed by atoms with Crippen molar-refractivity contribution < 1.29 is 0 Å². The van der Waals surface area contributed by atoms with E-state index < -0.39 is 0 Å². The maximum absolute atomic E-state index is 6.16. The molecule has 0 amide bonds. The Balaban J connectivity index is 1.90. The minimum atomic E-state index is 0.563. The first-order valence-electron chi connectivity index (χ1n) is 6.34. The molecule has 1 fully saturated rings. The van der Waals surface area contributed by atoms with Crippen molar-refractivity contribution in [2.75, 3.05) is 0 Å². The fourth-order valence-electron chi connectivity index (χ4n) is 2.58. The highest BCUT2D eigenvalue weighted by Gasteiger charge is 2.21. The van der Waals surface area contributed by atoms with Crippen LogP contribution >= 0.6 is 23.2 Å². The monoisotopic (exact) mass is 271 g/mol. The normalized spacial score (nSPS) is 18.5. The molecular formula is C14H19Cl2N. The fraction of sp³-hybridized carbons (Fsp3) is 0.571. The third kappa shape index (κ3) is 3.37. The van der Waals surface area contributed by atoms with Gasteiger partial charge < -0.3 is 5.32 Å². The lowest BCUT2D eigenvalue weighted by molar-refractivity contribution is 0.380. The van der Waals surface area contributed by atoms with E-state index in [0.29, 0.717) is 16.1 Å². The average Bonchev–Trinajstić information content (AvgIpc) is 2.84. The molecule has 0 aromatic heterocycles. The lowest BCUT2D eigenvalue weighted by Crippen LogP contribution is -2.31. The molecule has 0 saturated heterocycles. The van der Waals surface area contributed by atoms with Gasteiger partial charge in [0.05, 0.1) is 10.0 Å². The Hall–Kier alpha value is -0.240. The third-order valence-electron chi connectivity index (χ3n) is 3.75. The summed E-state index contributed by atoms with van der Waals surface area (Å²) in [5.41, 5.74) is 1.09. The molecule has 1 N–H and O–H groups in total. The van der Waals surface area contributed by atoms with Gasteiger partial charge in [-0.25, -0.2) is 0 Å². The summed E-state index contributed by atoms with van der Waals surface area (Å²) in [6.45, 7) is 3.07. The first kappa shape index (κ1) is 13.2. The average molecular weight is 272 g/mol. The first-order chi connectivity index (χ1) is 8.18. The van der Waals surface area contributed by atoms with Crippen molar-refractivity contribution in [2.24, 2.45) is 5.92 Å². The quantitative estimate of drug-likeness (QED) is 0.840. The highest BCUT2D eigenvalue weighted by molar-refractivity contribution is 6.42. The number of hydrogen-bond acceptors (Lipinski definition) is 1. The largest absolute Gasteiger partial charge is 0.310 e. The standard InChI is InChI=1S/C14H19Cl2N/c1-10(11-5-2-3-6-11)17-9-12-7-4-8-13(15)14(12)16/h4,7-8,10-11,17H,2-3,5-6,9H2,1H3. The van der Waals surface area contributed by atoms with Crippen LogP contribution in [0.5, 0.6) is 0 Å². The molecular weight excluding hydrogens is 253 g/mol. The maximum atomic E-state index is 6.16. The van der Waals surface area contributed by atoms with Crippen LogP contribution in [0.1, 0.15) is 38.2 Å². The summed E-state index contributed by atoms with van der Waals surface area (Å²) < 4.78 is 0. The van der Waals surface area contributed by atoms with Gasteiger partial charge in [0.1, 0.15) is 0 Å². The maximum Gasteiger partial charge on any atom is 0.0637 e. The molecule has 0 radical (unpaired) electrons. The van der Waals surface area contributed by atoms with Crippen molar-refractivity contribution in [2.45, 2.75) is 45.2 Å². The second kappa shape index (κ2) is 6.08. The van der Waals surface area contributed by atoms with Gasteiger partial charge in [-0.2, -0.15) is 0 Å². The van der Waals surface area contributed by atoms with Crippen LogP contribution in [0.15, 0.2) is 18.2 Å². The Morgan fingerprint density at radius 3 is 2.71 bits per heavy atom. The summed E-state index contributed by atoms with van der Waals surface area (Å²) in [6.07, 6.45) is 5.48. The van der Waals surface area contributed by atoms with E-state index in [4.69, 9.17) is 23.2 Å². The number of benzene rings is 1. The minimum Gasteiger partial charge on any atom is -0.310 e. The molecule has 0 aliphatic heterocycles. The van der Waals surface area contributed by atoms with Crippen LogP contribution in [-0.4, -0.2) is 6.04 Å². The van der Waals surface area contributed by atoms with E-state index in [-0.39, 0.29) is 0 Å². The molecule has 3 heteroatoms. The van der Waals surface area contributed by atoms with Crippen LogP contribution in [0.2, 0.25) is 10.0 Å². The van der Waals surface area contributed by atoms with Crippen molar-refractivity contribution in [3.05, 3.63) is 33.8 Å². The predicted molar refractivity (Wildman–Crippen MR) is 74.7 cm³/mol. The topological polar surface area (TPSA) is 12.0 Å². The molecule has 0 spiro atoms. The van der Waals surface area contributed by atoms with Gasteiger partial charge in [-0.15, -0.1) is 0 Å². The van der Waals surface area contributed by atoms with Crippen molar-refractivity contribution in [1.82, 2.24) is 5.32 Å². The van der Waals surface area contributed by atoms with E-state index >= 15 is 0 Å². The van der Waals surface area contributed by atoms with E-state index in [0.717, 1.165) is 18.0 Å². The minimum absolute atomic E-state index is 0.563. The van der Waals surface area contributed by atoms with Gasteiger partial charge in [-0.3, -0.25) is 0 Å². The number of halogens is 2. The first-order valence-corrected chi connectivity index (χ1v) is 7.10. The molecule has 1 aromatic rings. The van der Waals surface area contributed by atoms with Crippen LogP contribution in [0.4, 0.5) is 0 Å². The molecule has 1 aliphatic carbocycles. The van der Waals surface area contributed by atoms with Gasteiger partial charge in [-0.05, 0) is 37.3 Å². The molecule has 0 bridgehead atoms. The zero-order valence-corrected chi connectivity index (χ0v) is 11.7. The Morgan fingerprint density at radius 1 is 1.29 bits per heavy atom. The van der Waals surface area contributed by atoms with E-state index in [1.54, 1.807) is 0 Å². The zero-order chi connectivity index (χ0) is 12.3. The molecule has 17 heavy (non-hydrogen) atoms. The summed E-state index contributed by atoms with van der Waals surface area (Å²) in [4.78, 5) is 0. The van der Waals surface area contributed by atoms with Gasteiger partial charge in [0.15, 0.2) is 0 Å². The smallest absolute Gasteiger partial charge is 0.0637 e. The van der Waals surface area contributed by atoms with Crippen molar-refractivity contribution in [3.63, 3.8) is 0 Å². The van der Waals surface area contributed by atoms with Crippen LogP contribution in [0.25, 0.3) is 0 Å². The Labute approximate surface area is 114 Å². The summed E-state index contributed by atoms with van der Waals surface area (Å²) in [6, 6.07) is 6.37. The second-order valence-electron chi connectivity index (χ2n) is 4.93. The number of nitrogens with one attached hydrogen (secondary N) is 1. The Morgan fingerprint density at radius 2 is 2.00 bits per heavy atom. The zero-order valence-electron chi connectivity index (χ0n) is 10.2. The van der Waals surface area contributed by atoms with E-state index in [1.807, 2.05) is 18.2 Å². The van der Waals surface area contributed by atoms with E-state index in [1.165, 1.54) is 25.7 Å². The summed E-state index contributed by atoms with van der Waals surface area (Å²) >= 11 is 12.2. The molecule has 1 nitrogen and oxygen atoms in total. The van der Waals surface area contributed by atoms with Crippen LogP contribution in [-0.2, 0) is 6.54 Å². The predicted octanol–water partition coefficient (Wildman–Crippen LogP) is 4.66. The van der Waals surface area contributed by atoms with Crippen LogP contribution < -0.4 is 5.32 Å². The highest BCUT2D eigenvalue weighted by atomic mass is 35.5. The number of rotatable bonds is 4. The second-order valence-corrected chi connectivity index (χ2v) is 5.71. The molecule has 2 rings (SSSR count). The molecule has 1 saturated carbocycles. The molecule has 1 atom stereocenters. The fourth-order valence-corrected chi connectivity index (χ4v) is 2.97. The third-order valence-corrected chi connectivity index (χ3v) is 4.61. The molecule has 1 aromatic carbocycles. The molecule has 1 unspecified atom stereocenters. The Bertz CT molecular complexity index is 372. The van der Waals surface area contributed by atoms with Gasteiger partial charge in [0, 0.05) is 12.6 Å². The van der Waals surface area contributed by atoms with Gasteiger partial charge in [0.2, 0.25) is 0 Å². The molecule has 94 valence electrons. The lowest BCUT2D eigenvalue weighted by atomic mass is 9.99. The Kier molecular flexibility index (Phi) is 4.72. The summed E-state index contributed by atoms with van der Waals surface area (Å²) in [5.74, 6) is 0.827. The summed E-state index contributed by atoms with van der Waals surface area (Å²) in [7, 11) is 0. The van der Waals surface area contributed by atoms with Crippen molar-refractivity contribution in [1.29, 1.82) is 0 Å². The van der Waals surface area contributed by atoms with Gasteiger partial charge in [0.25, 0.3) is 0 Å². The lowest BCUT2D eigenvalue weighted by Gasteiger charge is -2.20. The SMILES string of the molecule is CC(NCc1cccc(Cl)c1Cl)C1CCCC1. The van der Waals surface area contributed by atoms with Crippen LogP contribution in [0, 0.1) is 5.92 Å². The highest BCUT2D eigenvalue weighted by Crippen LogP contribution is 2.29. The van der Waals surface area contributed by atoms with E-state index in [2.05, 4.69) is 12.2 Å². The molecule has 0 heterocycles. The van der Waals surface area contributed by atoms with E-state index in [9.17, 15) is 0 Å². The molecule has 1 aliphatic rings. The van der Waals surface area contributed by atoms with Crippen molar-refractivity contribution >= 4 is 23.2 Å².